The summed E-state index contributed by atoms with van der Waals surface area (Å²) in [4.78, 5) is 12.3. The summed E-state index contributed by atoms with van der Waals surface area (Å²) >= 11 is 5.85. The average molecular weight is 338 g/mol. The van der Waals surface area contributed by atoms with Crippen LogP contribution in [0.1, 0.15) is 0 Å². The average Bonchev–Trinajstić information content (AvgIpc) is 2.46. The predicted octanol–water partition coefficient (Wildman–Crippen LogP) is 2.01. The molecule has 0 aliphatic carbocycles. The molecule has 1 amide bonds. The first-order valence-electron chi connectivity index (χ1n) is 6.40. The van der Waals surface area contributed by atoms with Crippen LogP contribution in [0.5, 0.6) is 0 Å². The molecule has 0 fully saturated rings. The van der Waals surface area contributed by atoms with E-state index in [2.05, 4.69) is 15.4 Å². The van der Waals surface area contributed by atoms with Crippen LogP contribution in [0.3, 0.4) is 0 Å². The molecule has 2 aromatic rings. The quantitative estimate of drug-likeness (QED) is 0.782. The molecule has 2 aromatic carbocycles. The van der Waals surface area contributed by atoms with Crippen molar-refractivity contribution < 1.29 is 13.2 Å². The summed E-state index contributed by atoms with van der Waals surface area (Å²) in [7, 11) is -3.74. The third-order valence-corrected chi connectivity index (χ3v) is 4.82. The molecule has 114 valence electrons. The van der Waals surface area contributed by atoms with Gasteiger partial charge in [0, 0.05) is 10.7 Å². The van der Waals surface area contributed by atoms with E-state index in [0.717, 1.165) is 0 Å². The number of anilines is 2. The lowest BCUT2D eigenvalue weighted by Gasteiger charge is -2.27. The Morgan fingerprint density at radius 2 is 1.91 bits per heavy atom. The van der Waals surface area contributed by atoms with Crippen molar-refractivity contribution in [1.29, 1.82) is 0 Å². The maximum Gasteiger partial charge on any atom is 0.262 e. The van der Waals surface area contributed by atoms with E-state index in [4.69, 9.17) is 11.6 Å². The van der Waals surface area contributed by atoms with Gasteiger partial charge < -0.3 is 10.6 Å². The zero-order valence-electron chi connectivity index (χ0n) is 11.2. The number of nitrogens with one attached hydrogen (secondary N) is 3. The summed E-state index contributed by atoms with van der Waals surface area (Å²) in [5, 5.41) is 5.93. The highest BCUT2D eigenvalue weighted by atomic mass is 35.5. The first-order valence-corrected chi connectivity index (χ1v) is 8.26. The van der Waals surface area contributed by atoms with E-state index in [0.29, 0.717) is 16.4 Å². The molecule has 0 saturated heterocycles. The third kappa shape index (κ3) is 2.92. The fourth-order valence-corrected chi connectivity index (χ4v) is 3.59. The van der Waals surface area contributed by atoms with Crippen molar-refractivity contribution in [2.24, 2.45) is 0 Å². The van der Waals surface area contributed by atoms with Crippen LogP contribution in [0, 0.1) is 0 Å². The lowest BCUT2D eigenvalue weighted by Crippen LogP contribution is -2.51. The van der Waals surface area contributed by atoms with Crippen molar-refractivity contribution in [1.82, 2.24) is 4.72 Å². The number of fused-ring (bicyclic) bond motifs is 1. The molecule has 8 heteroatoms. The normalized spacial score (nSPS) is 18.9. The largest absolute Gasteiger partial charge is 0.360 e. The van der Waals surface area contributed by atoms with Crippen molar-refractivity contribution in [3.05, 3.63) is 53.6 Å². The molecule has 1 atom stereocenters. The smallest absolute Gasteiger partial charge is 0.262 e. The van der Waals surface area contributed by atoms with Crippen LogP contribution in [0.4, 0.5) is 11.4 Å². The Balaban J connectivity index is 1.84. The number of hydrogen-bond acceptors (Lipinski definition) is 4. The van der Waals surface area contributed by atoms with Crippen LogP contribution in [0.15, 0.2) is 53.4 Å². The van der Waals surface area contributed by atoms with E-state index in [1.54, 1.807) is 42.5 Å². The molecule has 6 nitrogen and oxygen atoms in total. The summed E-state index contributed by atoms with van der Waals surface area (Å²) in [5.74, 6) is -0.527. The van der Waals surface area contributed by atoms with Gasteiger partial charge in [0.1, 0.15) is 4.90 Å². The molecule has 1 aliphatic heterocycles. The van der Waals surface area contributed by atoms with E-state index < -0.39 is 22.1 Å². The van der Waals surface area contributed by atoms with Gasteiger partial charge in [-0.1, -0.05) is 29.8 Å². The molecule has 0 bridgehead atoms. The number of benzene rings is 2. The maximum atomic E-state index is 12.2. The van der Waals surface area contributed by atoms with Crippen LogP contribution in [0.2, 0.25) is 5.02 Å². The second-order valence-electron chi connectivity index (χ2n) is 4.69. The van der Waals surface area contributed by atoms with Gasteiger partial charge in [-0.2, -0.15) is 4.72 Å². The molecule has 1 heterocycles. The monoisotopic (exact) mass is 337 g/mol. The number of amides is 1. The van der Waals surface area contributed by atoms with Gasteiger partial charge in [-0.05, 0) is 30.3 Å². The van der Waals surface area contributed by atoms with E-state index >= 15 is 0 Å². The topological polar surface area (TPSA) is 87.3 Å². The standard InChI is InChI=1S/C14H12ClN3O3S/c15-9-4-3-5-10(8-9)16-14(19)13-17-11-6-1-2-7-12(11)22(20,21)18-13/h1-8,13,17-18H,(H,16,19)/t13-/m0/s1. The molecule has 0 unspecified atom stereocenters. The number of carbonyl (C=O) groups excluding carboxylic acids is 1. The van der Waals surface area contributed by atoms with E-state index in [-0.39, 0.29) is 4.90 Å². The van der Waals surface area contributed by atoms with Crippen LogP contribution in [0.25, 0.3) is 0 Å². The van der Waals surface area contributed by atoms with Gasteiger partial charge in [0.25, 0.3) is 5.91 Å². The molecule has 3 N–H and O–H groups in total. The lowest BCUT2D eigenvalue weighted by molar-refractivity contribution is -0.117. The molecule has 22 heavy (non-hydrogen) atoms. The molecule has 0 spiro atoms. The van der Waals surface area contributed by atoms with Crippen LogP contribution < -0.4 is 15.4 Å². The van der Waals surface area contributed by atoms with Gasteiger partial charge >= 0.3 is 0 Å². The molecular weight excluding hydrogens is 326 g/mol. The van der Waals surface area contributed by atoms with Gasteiger partial charge in [0.2, 0.25) is 10.0 Å². The number of para-hydroxylation sites is 1. The number of sulfonamides is 1. The number of carbonyl (C=O) groups is 1. The van der Waals surface area contributed by atoms with Crippen LogP contribution in [-0.4, -0.2) is 20.5 Å². The van der Waals surface area contributed by atoms with Crippen molar-refractivity contribution in [3.8, 4) is 0 Å². The van der Waals surface area contributed by atoms with E-state index in [9.17, 15) is 13.2 Å². The number of halogens is 1. The molecule has 0 aromatic heterocycles. The Morgan fingerprint density at radius 3 is 2.68 bits per heavy atom. The zero-order chi connectivity index (χ0) is 15.7. The Labute approximate surface area is 132 Å². The summed E-state index contributed by atoms with van der Waals surface area (Å²) in [6, 6.07) is 13.0. The number of hydrogen-bond donors (Lipinski definition) is 3. The molecule has 0 saturated carbocycles. The first kappa shape index (κ1) is 14.8. The van der Waals surface area contributed by atoms with Crippen molar-refractivity contribution in [3.63, 3.8) is 0 Å². The van der Waals surface area contributed by atoms with Gasteiger partial charge in [-0.3, -0.25) is 4.79 Å². The summed E-state index contributed by atoms with van der Waals surface area (Å²) in [5.41, 5.74) is 0.866. The first-order chi connectivity index (χ1) is 10.5. The minimum absolute atomic E-state index is 0.113. The lowest BCUT2D eigenvalue weighted by atomic mass is 10.3. The van der Waals surface area contributed by atoms with Crippen LogP contribution >= 0.6 is 11.6 Å². The van der Waals surface area contributed by atoms with Crippen molar-refractivity contribution in [2.45, 2.75) is 11.1 Å². The number of rotatable bonds is 2. The molecule has 0 radical (unpaired) electrons. The second kappa shape index (κ2) is 5.60. The van der Waals surface area contributed by atoms with Crippen molar-refractivity contribution in [2.75, 3.05) is 10.6 Å². The Morgan fingerprint density at radius 1 is 1.14 bits per heavy atom. The van der Waals surface area contributed by atoms with Gasteiger partial charge in [-0.15, -0.1) is 0 Å². The maximum absolute atomic E-state index is 12.2. The van der Waals surface area contributed by atoms with Gasteiger partial charge in [-0.25, -0.2) is 8.42 Å². The Hall–Kier alpha value is -2.09. The second-order valence-corrected chi connectivity index (χ2v) is 6.81. The highest BCUT2D eigenvalue weighted by Gasteiger charge is 2.32. The SMILES string of the molecule is O=C(Nc1cccc(Cl)c1)[C@H]1Nc2ccccc2S(=O)(=O)N1. The predicted molar refractivity (Wildman–Crippen MR) is 84.3 cm³/mol. The Bertz CT molecular complexity index is 839. The zero-order valence-corrected chi connectivity index (χ0v) is 12.8. The van der Waals surface area contributed by atoms with E-state index in [1.165, 1.54) is 6.07 Å². The van der Waals surface area contributed by atoms with Crippen molar-refractivity contribution >= 4 is 38.9 Å². The molecular formula is C14H12ClN3O3S. The van der Waals surface area contributed by atoms with Crippen LogP contribution in [-0.2, 0) is 14.8 Å². The van der Waals surface area contributed by atoms with Gasteiger partial charge in [0.05, 0.1) is 5.69 Å². The minimum Gasteiger partial charge on any atom is -0.360 e. The summed E-state index contributed by atoms with van der Waals surface area (Å²) < 4.78 is 26.6. The highest BCUT2D eigenvalue weighted by molar-refractivity contribution is 7.89. The highest BCUT2D eigenvalue weighted by Crippen LogP contribution is 2.25. The summed E-state index contributed by atoms with van der Waals surface area (Å²) in [6.07, 6.45) is -1.10. The molecule has 3 rings (SSSR count). The van der Waals surface area contributed by atoms with Gasteiger partial charge in [0.15, 0.2) is 6.17 Å². The third-order valence-electron chi connectivity index (χ3n) is 3.10. The summed E-state index contributed by atoms with van der Waals surface area (Å²) in [6.45, 7) is 0. The fourth-order valence-electron chi connectivity index (χ4n) is 2.12. The minimum atomic E-state index is -3.74. The van der Waals surface area contributed by atoms with E-state index in [1.807, 2.05) is 0 Å². The Kier molecular flexibility index (Phi) is 3.78. The fraction of sp³-hybridized carbons (Fsp3) is 0.0714. The molecule has 1 aliphatic rings.